The molecule has 230 valence electrons. The summed E-state index contributed by atoms with van der Waals surface area (Å²) < 4.78 is 5.73. The number of rotatable bonds is 11. The number of barbiturate groups is 1. The second-order valence-electron chi connectivity index (χ2n) is 13.3. The number of imide groups is 3. The van der Waals surface area contributed by atoms with E-state index >= 15 is 0 Å². The maximum Gasteiger partial charge on any atom is 0.334 e. The van der Waals surface area contributed by atoms with Crippen LogP contribution in [0.1, 0.15) is 59.8 Å². The Hall–Kier alpha value is -2.93. The fourth-order valence-corrected chi connectivity index (χ4v) is 6.53. The van der Waals surface area contributed by atoms with Gasteiger partial charge in [0.25, 0.3) is 17.7 Å². The highest BCUT2D eigenvalue weighted by Crippen LogP contribution is 2.38. The first-order valence-electron chi connectivity index (χ1n) is 14.7. The lowest BCUT2D eigenvalue weighted by Crippen LogP contribution is -2.61. The van der Waals surface area contributed by atoms with Gasteiger partial charge in [0, 0.05) is 33.8 Å². The van der Waals surface area contributed by atoms with Crippen LogP contribution >= 0.6 is 0 Å². The van der Waals surface area contributed by atoms with Crippen molar-refractivity contribution in [2.75, 3.05) is 26.4 Å². The lowest BCUT2D eigenvalue weighted by Gasteiger charge is -2.44. The minimum Gasteiger partial charge on any atom is -0.385 e. The minimum absolute atomic E-state index is 0.0273. The summed E-state index contributed by atoms with van der Waals surface area (Å²) in [6, 6.07) is -0.492. The third-order valence-corrected chi connectivity index (χ3v) is 10.3. The Morgan fingerprint density at radius 1 is 1.00 bits per heavy atom. The van der Waals surface area contributed by atoms with E-state index in [0.29, 0.717) is 38.8 Å². The average Bonchev–Trinajstić information content (AvgIpc) is 3.01. The van der Waals surface area contributed by atoms with Crippen LogP contribution in [-0.2, 0) is 19.1 Å². The van der Waals surface area contributed by atoms with Crippen LogP contribution in [0.3, 0.4) is 0 Å². The van der Waals surface area contributed by atoms with Gasteiger partial charge in [-0.05, 0) is 57.4 Å². The molecule has 0 aromatic heterocycles. The Morgan fingerprint density at radius 3 is 2.22 bits per heavy atom. The molecule has 0 bridgehead atoms. The van der Waals surface area contributed by atoms with Crippen molar-refractivity contribution >= 4 is 37.9 Å². The van der Waals surface area contributed by atoms with Gasteiger partial charge in [0.05, 0.1) is 0 Å². The van der Waals surface area contributed by atoms with E-state index in [1.165, 1.54) is 4.90 Å². The van der Waals surface area contributed by atoms with Crippen molar-refractivity contribution in [3.8, 4) is 0 Å². The van der Waals surface area contributed by atoms with Crippen molar-refractivity contribution in [3.63, 3.8) is 0 Å². The smallest absolute Gasteiger partial charge is 0.334 e. The highest BCUT2D eigenvalue weighted by atomic mass is 28.3. The molecule has 2 saturated heterocycles. The Kier molecular flexibility index (Phi) is 9.95. The second-order valence-corrected chi connectivity index (χ2v) is 19.0. The standard InChI is InChI=1S/C28H48N6O6Si/c1-8-9-12-31-23(35)21(22(29)30)24(36)34(27(31)39)20-11-10-19(18(2)15-20)16-33-26(38)32(25(37)28(33,3)4)17-40-13-14-41(5,6)7/h18-20H,8-17,29-30H2,1-7H3. The highest BCUT2D eigenvalue weighted by Gasteiger charge is 2.53. The normalized spacial score (nSPS) is 25.6. The van der Waals surface area contributed by atoms with E-state index in [9.17, 15) is 24.0 Å². The molecule has 0 aromatic rings. The van der Waals surface area contributed by atoms with Crippen LogP contribution in [0, 0.1) is 11.8 Å². The maximum atomic E-state index is 13.4. The Labute approximate surface area is 244 Å². The van der Waals surface area contributed by atoms with Crippen molar-refractivity contribution in [1.29, 1.82) is 0 Å². The molecule has 7 amide bonds. The fourth-order valence-electron chi connectivity index (χ4n) is 5.78. The summed E-state index contributed by atoms with van der Waals surface area (Å²) in [5.74, 6) is -2.10. The zero-order valence-corrected chi connectivity index (χ0v) is 26.7. The van der Waals surface area contributed by atoms with Gasteiger partial charge in [-0.2, -0.15) is 0 Å². The molecular formula is C28H48N6O6Si. The molecule has 3 fully saturated rings. The summed E-state index contributed by atoms with van der Waals surface area (Å²) in [4.78, 5) is 71.0. The number of nitrogens with zero attached hydrogens (tertiary/aromatic N) is 4. The number of carbonyl (C=O) groups excluding carboxylic acids is 5. The molecule has 41 heavy (non-hydrogen) atoms. The zero-order valence-electron chi connectivity index (χ0n) is 25.7. The van der Waals surface area contributed by atoms with Gasteiger partial charge in [0.2, 0.25) is 0 Å². The first kappa shape index (κ1) is 32.6. The summed E-state index contributed by atoms with van der Waals surface area (Å²) in [5, 5.41) is 0. The van der Waals surface area contributed by atoms with Crippen LogP contribution in [0.25, 0.3) is 0 Å². The van der Waals surface area contributed by atoms with Crippen molar-refractivity contribution in [2.24, 2.45) is 23.3 Å². The molecule has 0 radical (unpaired) electrons. The zero-order chi connectivity index (χ0) is 30.9. The van der Waals surface area contributed by atoms with Gasteiger partial charge in [0.1, 0.15) is 23.7 Å². The molecule has 4 N–H and O–H groups in total. The van der Waals surface area contributed by atoms with Gasteiger partial charge in [-0.25, -0.2) is 14.5 Å². The van der Waals surface area contributed by atoms with Crippen LogP contribution in [0.2, 0.25) is 25.7 Å². The molecule has 12 nitrogen and oxygen atoms in total. The molecule has 3 atom stereocenters. The van der Waals surface area contributed by atoms with Crippen molar-refractivity contribution in [1.82, 2.24) is 19.6 Å². The van der Waals surface area contributed by atoms with Gasteiger partial charge in [-0.15, -0.1) is 0 Å². The Morgan fingerprint density at radius 2 is 1.66 bits per heavy atom. The van der Waals surface area contributed by atoms with Crippen LogP contribution < -0.4 is 11.5 Å². The van der Waals surface area contributed by atoms with Gasteiger partial charge >= 0.3 is 12.1 Å². The van der Waals surface area contributed by atoms with Gasteiger partial charge in [-0.1, -0.05) is 39.9 Å². The number of carbonyl (C=O) groups is 5. The third-order valence-electron chi connectivity index (χ3n) is 8.58. The molecule has 3 rings (SSSR count). The van der Waals surface area contributed by atoms with Crippen LogP contribution in [0.15, 0.2) is 11.4 Å². The quantitative estimate of drug-likeness (QED) is 0.122. The minimum atomic E-state index is -1.30. The number of ether oxygens (including phenoxy) is 1. The third kappa shape index (κ3) is 6.77. The molecule has 3 unspecified atom stereocenters. The van der Waals surface area contributed by atoms with Crippen molar-refractivity contribution in [3.05, 3.63) is 11.4 Å². The second kappa shape index (κ2) is 12.5. The summed E-state index contributed by atoms with van der Waals surface area (Å²) in [7, 11) is -1.30. The van der Waals surface area contributed by atoms with Crippen molar-refractivity contribution in [2.45, 2.75) is 97.1 Å². The number of hydrogen-bond donors (Lipinski definition) is 2. The molecule has 0 aromatic carbocycles. The summed E-state index contributed by atoms with van der Waals surface area (Å²) in [6.07, 6.45) is 2.98. The van der Waals surface area contributed by atoms with E-state index in [1.807, 2.05) is 13.8 Å². The van der Waals surface area contributed by atoms with E-state index in [2.05, 4.69) is 19.6 Å². The first-order valence-corrected chi connectivity index (χ1v) is 18.4. The Balaban J connectivity index is 1.70. The average molecular weight is 593 g/mol. The number of unbranched alkanes of at least 4 members (excludes halogenated alkanes) is 1. The van der Waals surface area contributed by atoms with Gasteiger partial charge < -0.3 is 21.1 Å². The van der Waals surface area contributed by atoms with E-state index in [4.69, 9.17) is 16.2 Å². The molecule has 2 heterocycles. The predicted molar refractivity (Wildman–Crippen MR) is 157 cm³/mol. The first-order chi connectivity index (χ1) is 19.0. The van der Waals surface area contributed by atoms with E-state index < -0.39 is 43.3 Å². The van der Waals surface area contributed by atoms with Crippen LogP contribution in [0.4, 0.5) is 9.59 Å². The molecule has 2 aliphatic heterocycles. The van der Waals surface area contributed by atoms with Gasteiger partial charge in [0.15, 0.2) is 0 Å². The Bertz CT molecular complexity index is 1100. The number of nitrogens with two attached hydrogens (primary N) is 2. The molecule has 13 heteroatoms. The molecular weight excluding hydrogens is 544 g/mol. The predicted octanol–water partition coefficient (Wildman–Crippen LogP) is 2.87. The summed E-state index contributed by atoms with van der Waals surface area (Å²) >= 11 is 0. The van der Waals surface area contributed by atoms with Crippen LogP contribution in [-0.4, -0.2) is 95.5 Å². The van der Waals surface area contributed by atoms with Gasteiger partial charge in [-0.3, -0.25) is 24.2 Å². The summed E-state index contributed by atoms with van der Waals surface area (Å²) in [5.41, 5.74) is 10.1. The number of urea groups is 2. The lowest BCUT2D eigenvalue weighted by molar-refractivity contribution is -0.139. The largest absolute Gasteiger partial charge is 0.385 e. The lowest BCUT2D eigenvalue weighted by atomic mass is 9.76. The van der Waals surface area contributed by atoms with Crippen molar-refractivity contribution < 1.29 is 28.7 Å². The molecule has 0 spiro atoms. The van der Waals surface area contributed by atoms with E-state index in [1.54, 1.807) is 18.7 Å². The monoisotopic (exact) mass is 592 g/mol. The topological polar surface area (TPSA) is 160 Å². The SMILES string of the molecule is CCCCN1C(=O)C(=C(N)N)C(=O)N(C2CCC(CN3C(=O)N(COCC[Si](C)(C)C)C(=O)C3(C)C)C(C)C2)C1=O. The molecule has 1 aliphatic carbocycles. The molecule has 1 saturated carbocycles. The fraction of sp³-hybridized carbons (Fsp3) is 0.750. The van der Waals surface area contributed by atoms with E-state index in [-0.39, 0.29) is 42.6 Å². The number of amides is 7. The number of hydrogen-bond acceptors (Lipinski definition) is 8. The summed E-state index contributed by atoms with van der Waals surface area (Å²) in [6.45, 7) is 15.2. The maximum absolute atomic E-state index is 13.4. The van der Waals surface area contributed by atoms with Crippen LogP contribution in [0.5, 0.6) is 0 Å². The molecule has 3 aliphatic rings. The highest BCUT2D eigenvalue weighted by molar-refractivity contribution is 6.76. The van der Waals surface area contributed by atoms with E-state index in [0.717, 1.165) is 22.3 Å².